The SMILES string of the molecule is COc1cccc(CCNC2CCC3(CCNCC3)CC2)c1OC. The van der Waals surface area contributed by atoms with Crippen LogP contribution in [0, 0.1) is 5.41 Å². The highest BCUT2D eigenvalue weighted by Gasteiger charge is 2.35. The van der Waals surface area contributed by atoms with E-state index in [-0.39, 0.29) is 0 Å². The van der Waals surface area contributed by atoms with Gasteiger partial charge in [-0.25, -0.2) is 0 Å². The summed E-state index contributed by atoms with van der Waals surface area (Å²) in [7, 11) is 3.41. The maximum Gasteiger partial charge on any atom is 0.163 e. The van der Waals surface area contributed by atoms with Crippen LogP contribution in [0.5, 0.6) is 11.5 Å². The number of methoxy groups -OCH3 is 2. The van der Waals surface area contributed by atoms with E-state index in [4.69, 9.17) is 9.47 Å². The van der Waals surface area contributed by atoms with Crippen molar-refractivity contribution in [2.75, 3.05) is 33.9 Å². The molecule has 2 N–H and O–H groups in total. The summed E-state index contributed by atoms with van der Waals surface area (Å²) in [5.74, 6) is 1.69. The van der Waals surface area contributed by atoms with Crippen LogP contribution in [0.15, 0.2) is 18.2 Å². The molecule has 2 fully saturated rings. The summed E-state index contributed by atoms with van der Waals surface area (Å²) < 4.78 is 10.9. The van der Waals surface area contributed by atoms with Crippen molar-refractivity contribution < 1.29 is 9.47 Å². The molecule has 0 atom stereocenters. The van der Waals surface area contributed by atoms with Crippen LogP contribution in [0.1, 0.15) is 44.1 Å². The van der Waals surface area contributed by atoms with Crippen molar-refractivity contribution in [1.29, 1.82) is 0 Å². The summed E-state index contributed by atoms with van der Waals surface area (Å²) in [6.07, 6.45) is 9.18. The second-order valence-corrected chi connectivity index (χ2v) is 7.38. The first-order chi connectivity index (χ1) is 11.8. The molecular formula is C20H32N2O2. The van der Waals surface area contributed by atoms with Gasteiger partial charge in [-0.3, -0.25) is 0 Å². The maximum absolute atomic E-state index is 5.53. The van der Waals surface area contributed by atoms with E-state index in [1.165, 1.54) is 57.2 Å². The van der Waals surface area contributed by atoms with Crippen molar-refractivity contribution in [3.05, 3.63) is 23.8 Å². The highest BCUT2D eigenvalue weighted by molar-refractivity contribution is 5.46. The van der Waals surface area contributed by atoms with Crippen LogP contribution in [-0.2, 0) is 6.42 Å². The molecule has 0 radical (unpaired) electrons. The Bertz CT molecular complexity index is 516. The van der Waals surface area contributed by atoms with Gasteiger partial charge in [-0.2, -0.15) is 0 Å². The zero-order valence-electron chi connectivity index (χ0n) is 15.2. The van der Waals surface area contributed by atoms with Gasteiger partial charge in [0, 0.05) is 6.04 Å². The summed E-state index contributed by atoms with van der Waals surface area (Å²) >= 11 is 0. The number of benzene rings is 1. The van der Waals surface area contributed by atoms with Crippen molar-refractivity contribution >= 4 is 0 Å². The van der Waals surface area contributed by atoms with Gasteiger partial charge in [0.15, 0.2) is 11.5 Å². The fraction of sp³-hybridized carbons (Fsp3) is 0.700. The van der Waals surface area contributed by atoms with E-state index in [9.17, 15) is 0 Å². The average Bonchev–Trinajstić information content (AvgIpc) is 2.64. The zero-order valence-corrected chi connectivity index (χ0v) is 15.2. The summed E-state index contributed by atoms with van der Waals surface area (Å²) in [5, 5.41) is 7.27. The maximum atomic E-state index is 5.53. The van der Waals surface area contributed by atoms with Gasteiger partial charge in [0.05, 0.1) is 14.2 Å². The summed E-state index contributed by atoms with van der Waals surface area (Å²) in [6, 6.07) is 6.81. The molecule has 0 unspecified atom stereocenters. The van der Waals surface area contributed by atoms with Crippen LogP contribution in [0.25, 0.3) is 0 Å². The van der Waals surface area contributed by atoms with Gasteiger partial charge >= 0.3 is 0 Å². The molecule has 1 saturated carbocycles. The van der Waals surface area contributed by atoms with E-state index >= 15 is 0 Å². The number of hydrogen-bond acceptors (Lipinski definition) is 4. The van der Waals surface area contributed by atoms with Crippen LogP contribution < -0.4 is 20.1 Å². The van der Waals surface area contributed by atoms with E-state index in [2.05, 4.69) is 16.7 Å². The third-order valence-electron chi connectivity index (χ3n) is 6.02. The Hall–Kier alpha value is -1.26. The molecule has 4 nitrogen and oxygen atoms in total. The minimum absolute atomic E-state index is 0.652. The Morgan fingerprint density at radius 3 is 2.50 bits per heavy atom. The van der Waals surface area contributed by atoms with Gasteiger partial charge in [0.25, 0.3) is 0 Å². The summed E-state index contributed by atoms with van der Waals surface area (Å²) in [6.45, 7) is 3.43. The molecule has 1 heterocycles. The van der Waals surface area contributed by atoms with Gasteiger partial charge < -0.3 is 20.1 Å². The third-order valence-corrected chi connectivity index (χ3v) is 6.02. The fourth-order valence-corrected chi connectivity index (χ4v) is 4.45. The summed E-state index contributed by atoms with van der Waals surface area (Å²) in [4.78, 5) is 0. The first-order valence-electron chi connectivity index (χ1n) is 9.40. The van der Waals surface area contributed by atoms with E-state index in [1.54, 1.807) is 14.2 Å². The number of nitrogens with one attached hydrogen (secondary N) is 2. The molecule has 0 bridgehead atoms. The van der Waals surface area contributed by atoms with Crippen molar-refractivity contribution in [2.45, 2.75) is 51.0 Å². The highest BCUT2D eigenvalue weighted by atomic mass is 16.5. The summed E-state index contributed by atoms with van der Waals surface area (Å²) in [5.41, 5.74) is 1.87. The van der Waals surface area contributed by atoms with Gasteiger partial charge in [0.1, 0.15) is 0 Å². The average molecular weight is 332 g/mol. The topological polar surface area (TPSA) is 42.5 Å². The third kappa shape index (κ3) is 4.04. The minimum Gasteiger partial charge on any atom is -0.493 e. The fourth-order valence-electron chi connectivity index (χ4n) is 4.45. The number of piperidine rings is 1. The Morgan fingerprint density at radius 1 is 1.08 bits per heavy atom. The number of para-hydroxylation sites is 1. The quantitative estimate of drug-likeness (QED) is 0.840. The molecule has 3 rings (SSSR count). The number of hydrogen-bond donors (Lipinski definition) is 2. The van der Waals surface area contributed by atoms with Crippen LogP contribution in [0.3, 0.4) is 0 Å². The molecule has 4 heteroatoms. The molecule has 2 aliphatic rings. The normalized spacial score (nSPS) is 20.9. The molecule has 1 aromatic carbocycles. The van der Waals surface area contributed by atoms with E-state index in [0.29, 0.717) is 11.5 Å². The zero-order chi connectivity index (χ0) is 16.8. The largest absolute Gasteiger partial charge is 0.493 e. The molecular weight excluding hydrogens is 300 g/mol. The number of rotatable bonds is 6. The lowest BCUT2D eigenvalue weighted by molar-refractivity contribution is 0.116. The predicted octanol–water partition coefficient (Wildman–Crippen LogP) is 3.15. The standard InChI is InChI=1S/C20H32N2O2/c1-23-18-5-3-4-16(19(18)24-2)8-13-22-17-6-9-20(10-7-17)11-14-21-15-12-20/h3-5,17,21-22H,6-15H2,1-2H3. The molecule has 1 saturated heterocycles. The van der Waals surface area contributed by atoms with E-state index in [1.807, 2.05) is 12.1 Å². The molecule has 24 heavy (non-hydrogen) atoms. The molecule has 0 amide bonds. The first kappa shape index (κ1) is 17.6. The van der Waals surface area contributed by atoms with Crippen molar-refractivity contribution in [3.63, 3.8) is 0 Å². The molecule has 0 aromatic heterocycles. The second-order valence-electron chi connectivity index (χ2n) is 7.38. The molecule has 1 spiro atoms. The lowest BCUT2D eigenvalue weighted by Crippen LogP contribution is -2.43. The number of ether oxygens (including phenoxy) is 2. The monoisotopic (exact) mass is 332 g/mol. The van der Waals surface area contributed by atoms with Crippen molar-refractivity contribution in [1.82, 2.24) is 10.6 Å². The Kier molecular flexibility index (Phi) is 6.01. The van der Waals surface area contributed by atoms with Crippen molar-refractivity contribution in [3.8, 4) is 11.5 Å². The smallest absolute Gasteiger partial charge is 0.163 e. The molecule has 134 valence electrons. The van der Waals surface area contributed by atoms with Crippen molar-refractivity contribution in [2.24, 2.45) is 5.41 Å². The van der Waals surface area contributed by atoms with Gasteiger partial charge in [-0.1, -0.05) is 12.1 Å². The van der Waals surface area contributed by atoms with Crippen LogP contribution in [0.4, 0.5) is 0 Å². The van der Waals surface area contributed by atoms with Crippen LogP contribution in [-0.4, -0.2) is 39.9 Å². The Morgan fingerprint density at radius 2 is 1.83 bits per heavy atom. The van der Waals surface area contributed by atoms with Gasteiger partial charge in [-0.05, 0) is 81.6 Å². The minimum atomic E-state index is 0.652. The molecule has 1 aliphatic heterocycles. The molecule has 1 aromatic rings. The lowest BCUT2D eigenvalue weighted by Gasteiger charge is -2.43. The van der Waals surface area contributed by atoms with Crippen LogP contribution >= 0.6 is 0 Å². The first-order valence-corrected chi connectivity index (χ1v) is 9.40. The van der Waals surface area contributed by atoms with Gasteiger partial charge in [0.2, 0.25) is 0 Å². The van der Waals surface area contributed by atoms with E-state index < -0.39 is 0 Å². The molecule has 1 aliphatic carbocycles. The predicted molar refractivity (Wildman–Crippen MR) is 98.0 cm³/mol. The Labute approximate surface area is 146 Å². The lowest BCUT2D eigenvalue weighted by atomic mass is 9.67. The Balaban J connectivity index is 1.46. The highest BCUT2D eigenvalue weighted by Crippen LogP contribution is 2.43. The second kappa shape index (κ2) is 8.21. The van der Waals surface area contributed by atoms with Crippen LogP contribution in [0.2, 0.25) is 0 Å². The van der Waals surface area contributed by atoms with Gasteiger partial charge in [-0.15, -0.1) is 0 Å². The van der Waals surface area contributed by atoms with E-state index in [0.717, 1.165) is 24.5 Å².